The van der Waals surface area contributed by atoms with Crippen molar-refractivity contribution in [3.63, 3.8) is 0 Å². The van der Waals surface area contributed by atoms with E-state index in [-0.39, 0.29) is 30.7 Å². The summed E-state index contributed by atoms with van der Waals surface area (Å²) < 4.78 is 2.14. The first kappa shape index (κ1) is 20.7. The fraction of sp³-hybridized carbons (Fsp3) is 0.529. The van der Waals surface area contributed by atoms with E-state index >= 15 is 0 Å². The summed E-state index contributed by atoms with van der Waals surface area (Å²) >= 11 is 0. The number of halogens is 2. The van der Waals surface area contributed by atoms with Crippen LogP contribution in [-0.4, -0.2) is 35.1 Å². The molecular formula is C17H26Cl2N4O. The van der Waals surface area contributed by atoms with E-state index in [0.29, 0.717) is 12.3 Å². The van der Waals surface area contributed by atoms with Crippen LogP contribution >= 0.6 is 24.8 Å². The SMILES string of the molecule is Cl.Cl.O=C(CCC1CCNC1)NCCCn1cnc2ccccc21. The van der Waals surface area contributed by atoms with Gasteiger partial charge >= 0.3 is 0 Å². The molecule has 5 nitrogen and oxygen atoms in total. The minimum absolute atomic E-state index is 0. The van der Waals surface area contributed by atoms with Crippen molar-refractivity contribution in [3.05, 3.63) is 30.6 Å². The zero-order valence-corrected chi connectivity index (χ0v) is 15.4. The van der Waals surface area contributed by atoms with E-state index in [9.17, 15) is 4.79 Å². The summed E-state index contributed by atoms with van der Waals surface area (Å²) in [6.45, 7) is 3.79. The Morgan fingerprint density at radius 2 is 2.17 bits per heavy atom. The number of para-hydroxylation sites is 2. The molecular weight excluding hydrogens is 347 g/mol. The van der Waals surface area contributed by atoms with Gasteiger partial charge in [-0.15, -0.1) is 24.8 Å². The lowest BCUT2D eigenvalue weighted by Gasteiger charge is -2.09. The standard InChI is InChI=1S/C17H24N4O.2ClH/c22-17(7-6-14-8-10-18-12-14)19-9-3-11-21-13-20-15-4-1-2-5-16(15)21;;/h1-2,4-5,13-14,18H,3,6-12H2,(H,19,22);2*1H. The van der Waals surface area contributed by atoms with E-state index in [4.69, 9.17) is 0 Å². The van der Waals surface area contributed by atoms with Gasteiger partial charge in [-0.3, -0.25) is 4.79 Å². The van der Waals surface area contributed by atoms with Gasteiger partial charge in [-0.25, -0.2) is 4.98 Å². The van der Waals surface area contributed by atoms with Gasteiger partial charge in [0.25, 0.3) is 0 Å². The molecule has 134 valence electrons. The van der Waals surface area contributed by atoms with E-state index in [1.54, 1.807) is 0 Å². The third kappa shape index (κ3) is 5.65. The number of carbonyl (C=O) groups excluding carboxylic acids is 1. The third-order valence-corrected chi connectivity index (χ3v) is 4.37. The molecule has 1 aliphatic heterocycles. The maximum Gasteiger partial charge on any atom is 0.220 e. The molecule has 2 N–H and O–H groups in total. The number of nitrogens with one attached hydrogen (secondary N) is 2. The van der Waals surface area contributed by atoms with Crippen LogP contribution in [0.1, 0.15) is 25.7 Å². The minimum atomic E-state index is 0. The van der Waals surface area contributed by atoms with Crippen LogP contribution in [0.3, 0.4) is 0 Å². The van der Waals surface area contributed by atoms with Crippen molar-refractivity contribution in [2.45, 2.75) is 32.2 Å². The molecule has 0 spiro atoms. The molecule has 1 atom stereocenters. The molecule has 0 bridgehead atoms. The summed E-state index contributed by atoms with van der Waals surface area (Å²) in [6, 6.07) is 8.13. The molecule has 7 heteroatoms. The van der Waals surface area contributed by atoms with Gasteiger partial charge < -0.3 is 15.2 Å². The number of imidazole rings is 1. The molecule has 0 aliphatic carbocycles. The summed E-state index contributed by atoms with van der Waals surface area (Å²) in [6.07, 6.45) is 5.67. The maximum absolute atomic E-state index is 11.8. The number of aryl methyl sites for hydroxylation is 1. The molecule has 0 radical (unpaired) electrons. The lowest BCUT2D eigenvalue weighted by atomic mass is 10.0. The van der Waals surface area contributed by atoms with Crippen molar-refractivity contribution < 1.29 is 4.79 Å². The Balaban J connectivity index is 0.00000144. The van der Waals surface area contributed by atoms with Crippen molar-refractivity contribution in [3.8, 4) is 0 Å². The Morgan fingerprint density at radius 3 is 2.96 bits per heavy atom. The van der Waals surface area contributed by atoms with E-state index in [0.717, 1.165) is 50.1 Å². The first-order valence-electron chi connectivity index (χ1n) is 8.20. The lowest BCUT2D eigenvalue weighted by Crippen LogP contribution is -2.25. The number of rotatable bonds is 7. The second kappa shape index (κ2) is 10.5. The van der Waals surface area contributed by atoms with Crippen molar-refractivity contribution in [2.75, 3.05) is 19.6 Å². The van der Waals surface area contributed by atoms with Crippen molar-refractivity contribution in [1.82, 2.24) is 20.2 Å². The van der Waals surface area contributed by atoms with Crippen LogP contribution in [0.2, 0.25) is 0 Å². The Morgan fingerprint density at radius 1 is 1.33 bits per heavy atom. The summed E-state index contributed by atoms with van der Waals surface area (Å²) in [5.74, 6) is 0.866. The topological polar surface area (TPSA) is 59.0 Å². The summed E-state index contributed by atoms with van der Waals surface area (Å²) in [4.78, 5) is 16.2. The zero-order valence-electron chi connectivity index (χ0n) is 13.7. The monoisotopic (exact) mass is 372 g/mol. The van der Waals surface area contributed by atoms with Crippen LogP contribution < -0.4 is 10.6 Å². The van der Waals surface area contributed by atoms with Gasteiger partial charge in [0.15, 0.2) is 0 Å². The highest BCUT2D eigenvalue weighted by molar-refractivity contribution is 5.85. The number of hydrogen-bond acceptors (Lipinski definition) is 3. The van der Waals surface area contributed by atoms with Crippen LogP contribution in [0.5, 0.6) is 0 Å². The first-order chi connectivity index (χ1) is 10.8. The summed E-state index contributed by atoms with van der Waals surface area (Å²) in [5, 5.41) is 6.36. The molecule has 1 aliphatic rings. The van der Waals surface area contributed by atoms with Crippen molar-refractivity contribution in [1.29, 1.82) is 0 Å². The fourth-order valence-corrected chi connectivity index (χ4v) is 3.05. The minimum Gasteiger partial charge on any atom is -0.356 e. The molecule has 1 aromatic carbocycles. The molecule has 1 amide bonds. The number of amides is 1. The number of aromatic nitrogens is 2. The molecule has 2 heterocycles. The van der Waals surface area contributed by atoms with Gasteiger partial charge in [-0.2, -0.15) is 0 Å². The molecule has 24 heavy (non-hydrogen) atoms. The predicted octanol–water partition coefficient (Wildman–Crippen LogP) is 2.78. The van der Waals surface area contributed by atoms with E-state index in [1.165, 1.54) is 6.42 Å². The Hall–Kier alpha value is -1.30. The van der Waals surface area contributed by atoms with E-state index in [2.05, 4.69) is 26.3 Å². The summed E-state index contributed by atoms with van der Waals surface area (Å²) in [7, 11) is 0. The molecule has 2 aromatic rings. The smallest absolute Gasteiger partial charge is 0.220 e. The van der Waals surface area contributed by atoms with Crippen LogP contribution in [0.25, 0.3) is 11.0 Å². The van der Waals surface area contributed by atoms with Gasteiger partial charge in [-0.05, 0) is 50.4 Å². The van der Waals surface area contributed by atoms with Crippen LogP contribution in [0.4, 0.5) is 0 Å². The Kier molecular flexibility index (Phi) is 9.11. The average molecular weight is 373 g/mol. The number of fused-ring (bicyclic) bond motifs is 1. The number of carbonyl (C=O) groups is 1. The molecule has 1 saturated heterocycles. The predicted molar refractivity (Wildman–Crippen MR) is 102 cm³/mol. The number of benzene rings is 1. The first-order valence-corrected chi connectivity index (χ1v) is 8.20. The normalized spacial score (nSPS) is 16.4. The van der Waals surface area contributed by atoms with Crippen LogP contribution in [0.15, 0.2) is 30.6 Å². The van der Waals surface area contributed by atoms with Crippen molar-refractivity contribution >= 4 is 41.8 Å². The summed E-state index contributed by atoms with van der Waals surface area (Å²) in [5.41, 5.74) is 2.18. The highest BCUT2D eigenvalue weighted by Crippen LogP contribution is 2.14. The van der Waals surface area contributed by atoms with Gasteiger partial charge in [0.2, 0.25) is 5.91 Å². The molecule has 3 rings (SSSR count). The highest BCUT2D eigenvalue weighted by Gasteiger charge is 2.15. The van der Waals surface area contributed by atoms with Gasteiger partial charge in [0.1, 0.15) is 0 Å². The Labute approximate surface area is 155 Å². The van der Waals surface area contributed by atoms with Crippen molar-refractivity contribution in [2.24, 2.45) is 5.92 Å². The highest BCUT2D eigenvalue weighted by atomic mass is 35.5. The Bertz CT molecular complexity index is 626. The number of nitrogens with zero attached hydrogens (tertiary/aromatic N) is 2. The van der Waals surface area contributed by atoms with Gasteiger partial charge in [-0.1, -0.05) is 12.1 Å². The van der Waals surface area contributed by atoms with Crippen LogP contribution in [0, 0.1) is 5.92 Å². The largest absolute Gasteiger partial charge is 0.356 e. The maximum atomic E-state index is 11.8. The second-order valence-corrected chi connectivity index (χ2v) is 6.03. The lowest BCUT2D eigenvalue weighted by molar-refractivity contribution is -0.121. The molecule has 1 fully saturated rings. The van der Waals surface area contributed by atoms with Gasteiger partial charge in [0.05, 0.1) is 17.4 Å². The quantitative estimate of drug-likeness (QED) is 0.734. The number of hydrogen-bond donors (Lipinski definition) is 2. The molecule has 1 aromatic heterocycles. The fourth-order valence-electron chi connectivity index (χ4n) is 3.05. The second-order valence-electron chi connectivity index (χ2n) is 6.03. The van der Waals surface area contributed by atoms with E-state index in [1.807, 2.05) is 24.5 Å². The van der Waals surface area contributed by atoms with E-state index < -0.39 is 0 Å². The molecule has 1 unspecified atom stereocenters. The third-order valence-electron chi connectivity index (χ3n) is 4.37. The zero-order chi connectivity index (χ0) is 15.2. The average Bonchev–Trinajstić information content (AvgIpc) is 3.19. The van der Waals surface area contributed by atoms with Crippen LogP contribution in [-0.2, 0) is 11.3 Å². The molecule has 0 saturated carbocycles. The van der Waals surface area contributed by atoms with Gasteiger partial charge in [0, 0.05) is 19.5 Å².